The molecule has 0 bridgehead atoms. The van der Waals surface area contributed by atoms with Crippen LogP contribution >= 0.6 is 11.8 Å². The Balaban J connectivity index is 2.72. The van der Waals surface area contributed by atoms with Crippen LogP contribution in [0.15, 0.2) is 33.7 Å². The van der Waals surface area contributed by atoms with Gasteiger partial charge >= 0.3 is 0 Å². The molecule has 0 aliphatic rings. The van der Waals surface area contributed by atoms with Gasteiger partial charge in [0.25, 0.3) is 0 Å². The molecular weight excluding hydrogens is 278 g/mol. The Labute approximate surface area is 132 Å². The van der Waals surface area contributed by atoms with Crippen LogP contribution in [0.1, 0.15) is 23.6 Å². The van der Waals surface area contributed by atoms with Crippen LogP contribution in [-0.4, -0.2) is 37.3 Å². The lowest BCUT2D eigenvalue weighted by atomic mass is 10.0. The minimum absolute atomic E-state index is 0.962. The molecule has 0 aliphatic carbocycles. The van der Waals surface area contributed by atoms with Gasteiger partial charge in [0.05, 0.1) is 12.0 Å². The number of rotatable bonds is 8. The maximum absolute atomic E-state index is 4.56. The van der Waals surface area contributed by atoms with Crippen molar-refractivity contribution in [1.82, 2.24) is 4.90 Å². The molecule has 0 unspecified atom stereocenters. The number of aryl methyl sites for hydroxylation is 3. The van der Waals surface area contributed by atoms with Crippen molar-refractivity contribution < 1.29 is 0 Å². The Hall–Kier alpha value is -1.55. The number of hydrogen-bond donors (Lipinski definition) is 0. The molecule has 3 nitrogen and oxygen atoms in total. The highest BCUT2D eigenvalue weighted by Gasteiger charge is 2.04. The third-order valence-corrected chi connectivity index (χ3v) is 4.05. The fourth-order valence-corrected chi connectivity index (χ4v) is 2.48. The number of aliphatic imine (C=N–C) groups is 2. The van der Waals surface area contributed by atoms with E-state index in [1.54, 1.807) is 18.0 Å². The molecular formula is C17H25N3S. The molecule has 0 atom stereocenters. The van der Waals surface area contributed by atoms with Gasteiger partial charge in [0.1, 0.15) is 0 Å². The molecule has 0 aromatic heterocycles. The summed E-state index contributed by atoms with van der Waals surface area (Å²) in [5, 5.41) is 1.98. The lowest BCUT2D eigenvalue weighted by Gasteiger charge is -2.11. The van der Waals surface area contributed by atoms with Crippen LogP contribution in [0.25, 0.3) is 0 Å². The largest absolute Gasteiger partial charge is 0.366 e. The van der Waals surface area contributed by atoms with Crippen LogP contribution in [-0.2, 0) is 6.42 Å². The number of benzene rings is 1. The second-order valence-electron chi connectivity index (χ2n) is 4.97. The fraction of sp³-hybridized carbons (Fsp3) is 0.412. The summed E-state index contributed by atoms with van der Waals surface area (Å²) >= 11 is 1.76. The number of thioether (sulfide) groups is 1. The van der Waals surface area contributed by atoms with E-state index in [-0.39, 0.29) is 0 Å². The van der Waals surface area contributed by atoms with E-state index in [2.05, 4.69) is 54.5 Å². The van der Waals surface area contributed by atoms with Crippen LogP contribution in [0, 0.1) is 13.8 Å². The van der Waals surface area contributed by atoms with Crippen molar-refractivity contribution in [3.63, 3.8) is 0 Å². The molecule has 0 saturated heterocycles. The Morgan fingerprint density at radius 1 is 1.29 bits per heavy atom. The van der Waals surface area contributed by atoms with Gasteiger partial charge in [-0.25, -0.2) is 4.99 Å². The standard InChI is InChI=1S/C17H25N3S/c1-6-20(5)13-19-17-12-14(2)16(11-15(17)3)7-9-21-10-8-18-4/h8,10-13H,4,6-7,9H2,1-3,5H3/b10-8-,19-13?. The average Bonchev–Trinajstić information content (AvgIpc) is 2.48. The minimum atomic E-state index is 0.962. The molecule has 0 saturated carbocycles. The lowest BCUT2D eigenvalue weighted by Crippen LogP contribution is -2.14. The van der Waals surface area contributed by atoms with Crippen molar-refractivity contribution in [2.24, 2.45) is 9.98 Å². The zero-order valence-electron chi connectivity index (χ0n) is 13.5. The molecule has 0 N–H and O–H groups in total. The Kier molecular flexibility index (Phi) is 7.83. The van der Waals surface area contributed by atoms with E-state index in [9.17, 15) is 0 Å². The smallest absolute Gasteiger partial charge is 0.0909 e. The van der Waals surface area contributed by atoms with Gasteiger partial charge in [-0.15, -0.1) is 11.8 Å². The van der Waals surface area contributed by atoms with Gasteiger partial charge in [0, 0.05) is 25.5 Å². The summed E-state index contributed by atoms with van der Waals surface area (Å²) < 4.78 is 0. The molecule has 4 heteroatoms. The first-order valence-corrected chi connectivity index (χ1v) is 8.20. The second-order valence-corrected chi connectivity index (χ2v) is 5.99. The van der Waals surface area contributed by atoms with Crippen LogP contribution < -0.4 is 0 Å². The molecule has 0 amide bonds. The van der Waals surface area contributed by atoms with Gasteiger partial charge in [-0.3, -0.25) is 4.99 Å². The maximum atomic E-state index is 4.56. The van der Waals surface area contributed by atoms with E-state index in [0.29, 0.717) is 0 Å². The van der Waals surface area contributed by atoms with E-state index < -0.39 is 0 Å². The predicted octanol–water partition coefficient (Wildman–Crippen LogP) is 4.36. The third-order valence-electron chi connectivity index (χ3n) is 3.30. The zero-order valence-corrected chi connectivity index (χ0v) is 14.3. The highest BCUT2D eigenvalue weighted by molar-refractivity contribution is 8.02. The van der Waals surface area contributed by atoms with Crippen LogP contribution in [0.5, 0.6) is 0 Å². The summed E-state index contributed by atoms with van der Waals surface area (Å²) in [6, 6.07) is 4.43. The molecule has 114 valence electrons. The Morgan fingerprint density at radius 2 is 2.05 bits per heavy atom. The number of nitrogens with zero attached hydrogens (tertiary/aromatic N) is 3. The zero-order chi connectivity index (χ0) is 15.7. The summed E-state index contributed by atoms with van der Waals surface area (Å²) in [5.41, 5.74) is 4.98. The van der Waals surface area contributed by atoms with E-state index in [0.717, 1.165) is 24.4 Å². The molecule has 21 heavy (non-hydrogen) atoms. The third kappa shape index (κ3) is 6.17. The van der Waals surface area contributed by atoms with Crippen LogP contribution in [0.2, 0.25) is 0 Å². The van der Waals surface area contributed by atoms with Crippen molar-refractivity contribution in [3.05, 3.63) is 40.4 Å². The second kappa shape index (κ2) is 9.40. The SMILES string of the molecule is C=N/C=C\SCCc1cc(C)c(N=CN(C)CC)cc1C. The van der Waals surface area contributed by atoms with Crippen molar-refractivity contribution in [3.8, 4) is 0 Å². The van der Waals surface area contributed by atoms with Gasteiger partial charge in [0.15, 0.2) is 0 Å². The van der Waals surface area contributed by atoms with Crippen LogP contribution in [0.4, 0.5) is 5.69 Å². The van der Waals surface area contributed by atoms with E-state index >= 15 is 0 Å². The van der Waals surface area contributed by atoms with Gasteiger partial charge in [-0.05, 0) is 62.1 Å². The van der Waals surface area contributed by atoms with Crippen molar-refractivity contribution in [2.75, 3.05) is 19.3 Å². The fourth-order valence-electron chi connectivity index (χ4n) is 1.83. The van der Waals surface area contributed by atoms with Crippen molar-refractivity contribution in [2.45, 2.75) is 27.2 Å². The summed E-state index contributed by atoms with van der Waals surface area (Å²) in [6.45, 7) is 10.8. The molecule has 0 heterocycles. The predicted molar refractivity (Wildman–Crippen MR) is 97.2 cm³/mol. The lowest BCUT2D eigenvalue weighted by molar-refractivity contribution is 0.552. The summed E-state index contributed by atoms with van der Waals surface area (Å²) in [5.74, 6) is 1.05. The first-order chi connectivity index (χ1) is 10.1. The summed E-state index contributed by atoms with van der Waals surface area (Å²) in [4.78, 5) is 10.3. The highest BCUT2D eigenvalue weighted by atomic mass is 32.2. The van der Waals surface area contributed by atoms with Gasteiger partial charge in [-0.1, -0.05) is 6.07 Å². The van der Waals surface area contributed by atoms with E-state index in [1.807, 2.05) is 18.8 Å². The molecule has 0 fully saturated rings. The summed E-state index contributed by atoms with van der Waals surface area (Å²) in [6.07, 6.45) is 4.67. The van der Waals surface area contributed by atoms with E-state index in [1.165, 1.54) is 16.7 Å². The molecule has 0 radical (unpaired) electrons. The first-order valence-electron chi connectivity index (χ1n) is 7.15. The van der Waals surface area contributed by atoms with Gasteiger partial charge < -0.3 is 4.90 Å². The highest BCUT2D eigenvalue weighted by Crippen LogP contribution is 2.24. The number of hydrogen-bond acceptors (Lipinski definition) is 3. The first kappa shape index (κ1) is 17.5. The monoisotopic (exact) mass is 303 g/mol. The molecule has 0 spiro atoms. The minimum Gasteiger partial charge on any atom is -0.366 e. The average molecular weight is 303 g/mol. The Bertz CT molecular complexity index is 521. The topological polar surface area (TPSA) is 28.0 Å². The normalized spacial score (nSPS) is 11.4. The molecule has 1 aromatic carbocycles. The van der Waals surface area contributed by atoms with Crippen molar-refractivity contribution in [1.29, 1.82) is 0 Å². The Morgan fingerprint density at radius 3 is 2.71 bits per heavy atom. The van der Waals surface area contributed by atoms with E-state index in [4.69, 9.17) is 0 Å². The maximum Gasteiger partial charge on any atom is 0.0909 e. The summed E-state index contributed by atoms with van der Waals surface area (Å²) in [7, 11) is 2.03. The molecule has 0 aliphatic heterocycles. The van der Waals surface area contributed by atoms with Gasteiger partial charge in [0.2, 0.25) is 0 Å². The quantitative estimate of drug-likeness (QED) is 0.405. The van der Waals surface area contributed by atoms with Crippen molar-refractivity contribution >= 4 is 30.5 Å². The van der Waals surface area contributed by atoms with Gasteiger partial charge in [-0.2, -0.15) is 0 Å². The molecule has 1 rings (SSSR count). The molecule has 1 aromatic rings. The van der Waals surface area contributed by atoms with Crippen LogP contribution in [0.3, 0.4) is 0 Å².